The van der Waals surface area contributed by atoms with Gasteiger partial charge in [-0.2, -0.15) is 0 Å². The number of carboxylic acid groups (broad SMARTS) is 1. The molecule has 16 heavy (non-hydrogen) atoms. The molecule has 0 bridgehead atoms. The van der Waals surface area contributed by atoms with Crippen LogP contribution in [0.1, 0.15) is 47.5 Å². The lowest BCUT2D eigenvalue weighted by atomic mass is 9.82. The maximum absolute atomic E-state index is 10.7. The third-order valence-electron chi connectivity index (χ3n) is 3.28. The summed E-state index contributed by atoms with van der Waals surface area (Å²) in [7, 11) is 0. The van der Waals surface area contributed by atoms with Crippen LogP contribution in [0.2, 0.25) is 0 Å². The lowest BCUT2D eigenvalue weighted by Crippen LogP contribution is -2.18. The molecule has 2 rings (SSSR count). The summed E-state index contributed by atoms with van der Waals surface area (Å²) in [6.07, 6.45) is 3.63. The largest absolute Gasteiger partial charge is 0.478 e. The van der Waals surface area contributed by atoms with E-state index in [-0.39, 0.29) is 6.10 Å². The van der Waals surface area contributed by atoms with Crippen LogP contribution in [0.15, 0.2) is 24.3 Å². The van der Waals surface area contributed by atoms with Crippen LogP contribution in [0.4, 0.5) is 0 Å². The molecule has 1 aliphatic carbocycles. The zero-order valence-electron chi connectivity index (χ0n) is 9.10. The van der Waals surface area contributed by atoms with Gasteiger partial charge in [-0.1, -0.05) is 18.6 Å². The molecule has 1 aromatic rings. The first-order chi connectivity index (χ1) is 7.66. The van der Waals surface area contributed by atoms with E-state index in [1.54, 1.807) is 12.1 Å². The van der Waals surface area contributed by atoms with Crippen molar-refractivity contribution in [1.82, 2.24) is 0 Å². The first kappa shape index (κ1) is 11.1. The molecular weight excluding hydrogens is 204 g/mol. The van der Waals surface area contributed by atoms with Gasteiger partial charge in [0.2, 0.25) is 0 Å². The van der Waals surface area contributed by atoms with Gasteiger partial charge in [-0.05, 0) is 42.9 Å². The van der Waals surface area contributed by atoms with Gasteiger partial charge in [0, 0.05) is 0 Å². The van der Waals surface area contributed by atoms with Gasteiger partial charge in [0.05, 0.1) is 11.7 Å². The van der Waals surface area contributed by atoms with E-state index in [1.165, 1.54) is 0 Å². The third-order valence-corrected chi connectivity index (χ3v) is 3.28. The Labute approximate surface area is 94.7 Å². The highest BCUT2D eigenvalue weighted by Gasteiger charge is 2.21. The molecule has 1 fully saturated rings. The number of aromatic carboxylic acids is 1. The van der Waals surface area contributed by atoms with Crippen molar-refractivity contribution in [2.45, 2.75) is 37.7 Å². The SMILES string of the molecule is O=C(O)c1ccc(C2CCCC(O)C2)cc1. The highest BCUT2D eigenvalue weighted by Crippen LogP contribution is 2.32. The molecule has 2 atom stereocenters. The number of carboxylic acids is 1. The lowest BCUT2D eigenvalue weighted by molar-refractivity contribution is 0.0696. The molecule has 0 spiro atoms. The number of carbonyl (C=O) groups is 1. The summed E-state index contributed by atoms with van der Waals surface area (Å²) in [5.74, 6) is -0.512. The van der Waals surface area contributed by atoms with E-state index in [4.69, 9.17) is 5.11 Å². The molecule has 3 heteroatoms. The standard InChI is InChI=1S/C13H16O3/c14-12-3-1-2-11(8-12)9-4-6-10(7-5-9)13(15)16/h4-7,11-12,14H,1-3,8H2,(H,15,16). The average molecular weight is 220 g/mol. The summed E-state index contributed by atoms with van der Waals surface area (Å²) in [5, 5.41) is 18.4. The molecule has 0 aliphatic heterocycles. The molecule has 3 nitrogen and oxygen atoms in total. The zero-order valence-corrected chi connectivity index (χ0v) is 9.10. The molecule has 86 valence electrons. The van der Waals surface area contributed by atoms with Crippen molar-refractivity contribution < 1.29 is 15.0 Å². The van der Waals surface area contributed by atoms with Gasteiger partial charge in [0.1, 0.15) is 0 Å². The quantitative estimate of drug-likeness (QED) is 0.804. The summed E-state index contributed by atoms with van der Waals surface area (Å²) in [5.41, 5.74) is 1.46. The Morgan fingerprint density at radius 1 is 1.19 bits per heavy atom. The molecule has 0 aromatic heterocycles. The molecule has 0 heterocycles. The highest BCUT2D eigenvalue weighted by atomic mass is 16.4. The second-order valence-corrected chi connectivity index (χ2v) is 4.44. The molecule has 1 aliphatic rings. The average Bonchev–Trinajstić information content (AvgIpc) is 2.29. The Hall–Kier alpha value is -1.35. The summed E-state index contributed by atoms with van der Waals surface area (Å²) in [6.45, 7) is 0. The first-order valence-corrected chi connectivity index (χ1v) is 5.68. The van der Waals surface area contributed by atoms with E-state index in [9.17, 15) is 9.90 Å². The molecule has 2 N–H and O–H groups in total. The molecule has 2 unspecified atom stereocenters. The number of hydrogen-bond donors (Lipinski definition) is 2. The van der Waals surface area contributed by atoms with Gasteiger partial charge in [0.15, 0.2) is 0 Å². The predicted octanol–water partition coefficient (Wildman–Crippen LogP) is 2.40. The van der Waals surface area contributed by atoms with Gasteiger partial charge in [-0.15, -0.1) is 0 Å². The maximum Gasteiger partial charge on any atom is 0.335 e. The monoisotopic (exact) mass is 220 g/mol. The number of benzene rings is 1. The van der Waals surface area contributed by atoms with E-state index in [1.807, 2.05) is 12.1 Å². The van der Waals surface area contributed by atoms with Crippen LogP contribution in [-0.2, 0) is 0 Å². The van der Waals surface area contributed by atoms with Gasteiger partial charge >= 0.3 is 5.97 Å². The van der Waals surface area contributed by atoms with Gasteiger partial charge in [-0.3, -0.25) is 0 Å². The van der Waals surface area contributed by atoms with E-state index in [0.717, 1.165) is 31.2 Å². The van der Waals surface area contributed by atoms with Crippen molar-refractivity contribution in [2.24, 2.45) is 0 Å². The normalized spacial score (nSPS) is 25.3. The number of rotatable bonds is 2. The van der Waals surface area contributed by atoms with Crippen molar-refractivity contribution in [3.05, 3.63) is 35.4 Å². The Morgan fingerprint density at radius 2 is 1.88 bits per heavy atom. The Kier molecular flexibility index (Phi) is 3.25. The van der Waals surface area contributed by atoms with Gasteiger partial charge < -0.3 is 10.2 Å². The van der Waals surface area contributed by atoms with Crippen molar-refractivity contribution in [3.63, 3.8) is 0 Å². The van der Waals surface area contributed by atoms with Crippen molar-refractivity contribution in [2.75, 3.05) is 0 Å². The first-order valence-electron chi connectivity index (χ1n) is 5.68. The minimum absolute atomic E-state index is 0.196. The van der Waals surface area contributed by atoms with E-state index in [2.05, 4.69) is 0 Å². The van der Waals surface area contributed by atoms with Crippen LogP contribution in [0.25, 0.3) is 0 Å². The van der Waals surface area contributed by atoms with Crippen LogP contribution in [-0.4, -0.2) is 22.3 Å². The van der Waals surface area contributed by atoms with E-state index in [0.29, 0.717) is 11.5 Å². The highest BCUT2D eigenvalue weighted by molar-refractivity contribution is 5.87. The van der Waals surface area contributed by atoms with Crippen LogP contribution < -0.4 is 0 Å². The minimum atomic E-state index is -0.893. The van der Waals surface area contributed by atoms with Gasteiger partial charge in [-0.25, -0.2) is 4.79 Å². The number of aliphatic hydroxyl groups is 1. The third kappa shape index (κ3) is 2.42. The van der Waals surface area contributed by atoms with E-state index >= 15 is 0 Å². The molecule has 0 amide bonds. The molecule has 0 radical (unpaired) electrons. The van der Waals surface area contributed by atoms with Crippen LogP contribution in [0, 0.1) is 0 Å². The summed E-state index contributed by atoms with van der Waals surface area (Å²) in [6, 6.07) is 7.01. The van der Waals surface area contributed by atoms with E-state index < -0.39 is 5.97 Å². The van der Waals surface area contributed by atoms with Crippen LogP contribution >= 0.6 is 0 Å². The summed E-state index contributed by atoms with van der Waals surface area (Å²) < 4.78 is 0. The second kappa shape index (κ2) is 4.66. The molecule has 1 saturated carbocycles. The molecule has 1 aromatic carbocycles. The van der Waals surface area contributed by atoms with Gasteiger partial charge in [0.25, 0.3) is 0 Å². The smallest absolute Gasteiger partial charge is 0.335 e. The fraction of sp³-hybridized carbons (Fsp3) is 0.462. The minimum Gasteiger partial charge on any atom is -0.478 e. The Balaban J connectivity index is 2.11. The topological polar surface area (TPSA) is 57.5 Å². The van der Waals surface area contributed by atoms with Crippen molar-refractivity contribution >= 4 is 5.97 Å². The number of aliphatic hydroxyl groups excluding tert-OH is 1. The Morgan fingerprint density at radius 3 is 2.44 bits per heavy atom. The number of hydrogen-bond acceptors (Lipinski definition) is 2. The fourth-order valence-corrected chi connectivity index (χ4v) is 2.36. The van der Waals surface area contributed by atoms with Crippen LogP contribution in [0.5, 0.6) is 0 Å². The summed E-state index contributed by atoms with van der Waals surface area (Å²) >= 11 is 0. The predicted molar refractivity (Wildman–Crippen MR) is 60.6 cm³/mol. The zero-order chi connectivity index (χ0) is 11.5. The lowest BCUT2D eigenvalue weighted by Gasteiger charge is -2.26. The Bertz CT molecular complexity index is 369. The van der Waals surface area contributed by atoms with Crippen molar-refractivity contribution in [1.29, 1.82) is 0 Å². The molecule has 0 saturated heterocycles. The maximum atomic E-state index is 10.7. The summed E-state index contributed by atoms with van der Waals surface area (Å²) in [4.78, 5) is 10.7. The second-order valence-electron chi connectivity index (χ2n) is 4.44. The fourth-order valence-electron chi connectivity index (χ4n) is 2.36. The molecular formula is C13H16O3. The van der Waals surface area contributed by atoms with Crippen molar-refractivity contribution in [3.8, 4) is 0 Å². The van der Waals surface area contributed by atoms with Crippen LogP contribution in [0.3, 0.4) is 0 Å².